The van der Waals surface area contributed by atoms with E-state index in [1.165, 1.54) is 6.92 Å². The number of carbonyl (C=O) groups is 2. The van der Waals surface area contributed by atoms with Crippen LogP contribution in [-0.2, 0) is 14.3 Å². The minimum atomic E-state index is -1.00. The number of ether oxygens (including phenoxy) is 1. The van der Waals surface area contributed by atoms with Crippen molar-refractivity contribution in [2.24, 2.45) is 4.99 Å². The second-order valence-corrected chi connectivity index (χ2v) is 4.51. The van der Waals surface area contributed by atoms with E-state index in [9.17, 15) is 14.7 Å². The number of aliphatic hydroxyl groups excluding tert-OH is 1. The van der Waals surface area contributed by atoms with Crippen molar-refractivity contribution in [2.75, 3.05) is 6.61 Å². The molecule has 7 nitrogen and oxygen atoms in total. The molecule has 22 heavy (non-hydrogen) atoms. The molecule has 116 valence electrons. The van der Waals surface area contributed by atoms with Crippen LogP contribution in [0.15, 0.2) is 16.3 Å². The predicted molar refractivity (Wildman–Crippen MR) is 80.1 cm³/mol. The molecule has 0 aromatic carbocycles. The van der Waals surface area contributed by atoms with Crippen LogP contribution in [0.1, 0.15) is 30.7 Å². The highest BCUT2D eigenvalue weighted by molar-refractivity contribution is 6.16. The first kappa shape index (κ1) is 17.2. The minimum Gasteiger partial charge on any atom is -0.501 e. The summed E-state index contributed by atoms with van der Waals surface area (Å²) in [7, 11) is 0. The summed E-state index contributed by atoms with van der Waals surface area (Å²) in [6.45, 7) is 6.39. The highest BCUT2D eigenvalue weighted by Crippen LogP contribution is 2.23. The van der Waals surface area contributed by atoms with E-state index in [0.717, 1.165) is 17.5 Å². The fourth-order valence-corrected chi connectivity index (χ4v) is 1.69. The summed E-state index contributed by atoms with van der Waals surface area (Å²) in [5.74, 6) is -2.10. The fourth-order valence-electron chi connectivity index (χ4n) is 1.69. The number of hydrogen-bond donors (Lipinski definition) is 2. The number of hydrogen-bond acceptors (Lipinski definition) is 6. The molecule has 0 unspecified atom stereocenters. The van der Waals surface area contributed by atoms with Crippen molar-refractivity contribution in [1.82, 2.24) is 4.98 Å². The summed E-state index contributed by atoms with van der Waals surface area (Å²) in [5.41, 5.74) is 1.57. The quantitative estimate of drug-likeness (QED) is 0.374. The molecule has 0 aliphatic heterocycles. The van der Waals surface area contributed by atoms with E-state index in [0.29, 0.717) is 5.56 Å². The van der Waals surface area contributed by atoms with Crippen LogP contribution in [0.4, 0.5) is 5.82 Å². The normalized spacial score (nSPS) is 12.0. The molecule has 0 saturated carbocycles. The topological polar surface area (TPSA) is 116 Å². The number of carbonyl (C=O) groups excluding carboxylic acids is 2. The molecule has 1 rings (SSSR count). The molecule has 7 heteroatoms. The van der Waals surface area contributed by atoms with Gasteiger partial charge in [0.25, 0.3) is 0 Å². The monoisotopic (exact) mass is 303 g/mol. The number of H-pyrrole nitrogens is 1. The maximum absolute atomic E-state index is 11.5. The standard InChI is InChI=1S/C15H17N3O4/c1-5-22-15(21)13(20)12(10(4)19)7-17-14-11(6-16)8(2)9(3)18-14/h7,18,20H,5H2,1-4H3/b13-12+,17-7+. The van der Waals surface area contributed by atoms with Crippen LogP contribution >= 0.6 is 0 Å². The van der Waals surface area contributed by atoms with Gasteiger partial charge in [-0.1, -0.05) is 0 Å². The van der Waals surface area contributed by atoms with Gasteiger partial charge in [-0.3, -0.25) is 4.79 Å². The molecule has 0 aliphatic rings. The smallest absolute Gasteiger partial charge is 0.374 e. The van der Waals surface area contributed by atoms with Gasteiger partial charge in [0, 0.05) is 11.9 Å². The Hall–Kier alpha value is -2.88. The van der Waals surface area contributed by atoms with Crippen molar-refractivity contribution >= 4 is 23.8 Å². The first-order valence-corrected chi connectivity index (χ1v) is 6.58. The third-order valence-corrected chi connectivity index (χ3v) is 3.02. The molecule has 1 aromatic heterocycles. The van der Waals surface area contributed by atoms with Gasteiger partial charge in [0.15, 0.2) is 5.78 Å². The van der Waals surface area contributed by atoms with Gasteiger partial charge in [0.1, 0.15) is 11.9 Å². The maximum Gasteiger partial charge on any atom is 0.374 e. The van der Waals surface area contributed by atoms with Gasteiger partial charge >= 0.3 is 5.97 Å². The maximum atomic E-state index is 11.5. The molecule has 0 saturated heterocycles. The lowest BCUT2D eigenvalue weighted by Crippen LogP contribution is -2.13. The summed E-state index contributed by atoms with van der Waals surface area (Å²) in [4.78, 5) is 29.9. The number of esters is 1. The highest BCUT2D eigenvalue weighted by Gasteiger charge is 2.18. The Kier molecular flexibility index (Phi) is 5.64. The first-order chi connectivity index (χ1) is 10.3. The molecule has 0 atom stereocenters. The first-order valence-electron chi connectivity index (χ1n) is 6.58. The lowest BCUT2D eigenvalue weighted by Gasteiger charge is -2.03. The van der Waals surface area contributed by atoms with Gasteiger partial charge in [0.2, 0.25) is 5.76 Å². The number of nitrogens with zero attached hydrogens (tertiary/aromatic N) is 2. The Morgan fingerprint density at radius 3 is 2.59 bits per heavy atom. The van der Waals surface area contributed by atoms with E-state index in [1.807, 2.05) is 6.07 Å². The van der Waals surface area contributed by atoms with E-state index in [-0.39, 0.29) is 18.0 Å². The molecule has 0 amide bonds. The molecular weight excluding hydrogens is 286 g/mol. The Balaban J connectivity index is 3.26. The van der Waals surface area contributed by atoms with Crippen molar-refractivity contribution < 1.29 is 19.4 Å². The van der Waals surface area contributed by atoms with Crippen molar-refractivity contribution in [1.29, 1.82) is 5.26 Å². The minimum absolute atomic E-state index is 0.0683. The molecule has 2 N–H and O–H groups in total. The van der Waals surface area contributed by atoms with Crippen LogP contribution in [0.25, 0.3) is 0 Å². The van der Waals surface area contributed by atoms with Gasteiger partial charge in [0.05, 0.1) is 17.7 Å². The van der Waals surface area contributed by atoms with Crippen LogP contribution in [-0.4, -0.2) is 34.7 Å². The zero-order valence-electron chi connectivity index (χ0n) is 12.9. The highest BCUT2D eigenvalue weighted by atomic mass is 16.5. The molecule has 1 heterocycles. The summed E-state index contributed by atoms with van der Waals surface area (Å²) in [5, 5.41) is 18.9. The third kappa shape index (κ3) is 3.61. The number of allylic oxidation sites excluding steroid dienone is 1. The number of Topliss-reactive ketones (excluding diaryl/α,β-unsaturated/α-hetero) is 1. The van der Waals surface area contributed by atoms with Crippen molar-refractivity contribution in [2.45, 2.75) is 27.7 Å². The van der Waals surface area contributed by atoms with E-state index in [1.54, 1.807) is 20.8 Å². The Morgan fingerprint density at radius 2 is 2.09 bits per heavy atom. The fraction of sp³-hybridized carbons (Fsp3) is 0.333. The molecule has 0 aliphatic carbocycles. The molecule has 0 bridgehead atoms. The van der Waals surface area contributed by atoms with Crippen molar-refractivity contribution in [3.8, 4) is 6.07 Å². The Bertz CT molecular complexity index is 705. The summed E-state index contributed by atoms with van der Waals surface area (Å²) >= 11 is 0. The molecule has 0 radical (unpaired) electrons. The number of aryl methyl sites for hydroxylation is 1. The molecule has 1 aromatic rings. The lowest BCUT2D eigenvalue weighted by molar-refractivity contribution is -0.141. The van der Waals surface area contributed by atoms with Crippen molar-refractivity contribution in [3.63, 3.8) is 0 Å². The predicted octanol–water partition coefficient (Wildman–Crippen LogP) is 2.17. The van der Waals surface area contributed by atoms with E-state index < -0.39 is 17.5 Å². The second-order valence-electron chi connectivity index (χ2n) is 4.51. The summed E-state index contributed by atoms with van der Waals surface area (Å²) in [6, 6.07) is 2.01. The number of aromatic amines is 1. The number of aliphatic imine (C=N–C) groups is 1. The van der Waals surface area contributed by atoms with Crippen LogP contribution in [0.2, 0.25) is 0 Å². The number of rotatable bonds is 5. The van der Waals surface area contributed by atoms with Gasteiger partial charge in [-0.05, 0) is 33.3 Å². The van der Waals surface area contributed by atoms with E-state index >= 15 is 0 Å². The zero-order chi connectivity index (χ0) is 16.9. The number of nitrogens with one attached hydrogen (secondary N) is 1. The van der Waals surface area contributed by atoms with Gasteiger partial charge < -0.3 is 14.8 Å². The summed E-state index contributed by atoms with van der Waals surface area (Å²) in [6.07, 6.45) is 1.04. The third-order valence-electron chi connectivity index (χ3n) is 3.02. The Morgan fingerprint density at radius 1 is 1.45 bits per heavy atom. The van der Waals surface area contributed by atoms with E-state index in [2.05, 4.69) is 14.7 Å². The van der Waals surface area contributed by atoms with Crippen LogP contribution in [0.3, 0.4) is 0 Å². The molecule has 0 fully saturated rings. The number of aliphatic hydroxyl groups is 1. The van der Waals surface area contributed by atoms with E-state index in [4.69, 9.17) is 5.26 Å². The van der Waals surface area contributed by atoms with Crippen LogP contribution in [0, 0.1) is 25.2 Å². The number of aromatic nitrogens is 1. The average Bonchev–Trinajstić information content (AvgIpc) is 2.73. The van der Waals surface area contributed by atoms with Crippen LogP contribution in [0.5, 0.6) is 0 Å². The molecular formula is C15H17N3O4. The van der Waals surface area contributed by atoms with Gasteiger partial charge in [-0.2, -0.15) is 5.26 Å². The zero-order valence-corrected chi connectivity index (χ0v) is 12.9. The average molecular weight is 303 g/mol. The van der Waals surface area contributed by atoms with Crippen LogP contribution < -0.4 is 0 Å². The van der Waals surface area contributed by atoms with Gasteiger partial charge in [-0.25, -0.2) is 9.79 Å². The SMILES string of the molecule is CCOC(=O)/C(O)=C(/C=N/c1[nH]c(C)c(C)c1C#N)C(C)=O. The lowest BCUT2D eigenvalue weighted by atomic mass is 10.1. The van der Waals surface area contributed by atoms with Gasteiger partial charge in [-0.15, -0.1) is 0 Å². The van der Waals surface area contributed by atoms with Crippen molar-refractivity contribution in [3.05, 3.63) is 28.2 Å². The second kappa shape index (κ2) is 7.22. The molecule has 0 spiro atoms. The number of ketones is 1. The summed E-state index contributed by atoms with van der Waals surface area (Å²) < 4.78 is 4.63. The largest absolute Gasteiger partial charge is 0.501 e. The number of nitriles is 1. The Labute approximate surface area is 127 Å².